The summed E-state index contributed by atoms with van der Waals surface area (Å²) in [6, 6.07) is 6.33. The van der Waals surface area contributed by atoms with Crippen molar-refractivity contribution in [1.29, 1.82) is 5.26 Å². The van der Waals surface area contributed by atoms with Gasteiger partial charge in [-0.1, -0.05) is 32.9 Å². The number of hydrogen-bond donors (Lipinski definition) is 2. The third-order valence-electron chi connectivity index (χ3n) is 5.05. The lowest BCUT2D eigenvalue weighted by Crippen LogP contribution is -2.57. The molecular formula is C19H25FN2O3. The monoisotopic (exact) mass is 348 g/mol. The largest absolute Gasteiger partial charge is 0.465 e. The third-order valence-corrected chi connectivity index (χ3v) is 5.05. The van der Waals surface area contributed by atoms with E-state index in [9.17, 15) is 19.4 Å². The molecule has 0 bridgehead atoms. The van der Waals surface area contributed by atoms with E-state index in [-0.39, 0.29) is 36.3 Å². The fraction of sp³-hybridized carbons (Fsp3) is 0.579. The highest BCUT2D eigenvalue weighted by molar-refractivity contribution is 5.66. The number of likely N-dealkylation sites (tertiary alicyclic amines) is 1. The third kappa shape index (κ3) is 3.93. The van der Waals surface area contributed by atoms with E-state index in [4.69, 9.17) is 5.26 Å². The van der Waals surface area contributed by atoms with Crippen LogP contribution in [0.5, 0.6) is 0 Å². The quantitative estimate of drug-likeness (QED) is 0.877. The van der Waals surface area contributed by atoms with Crippen LogP contribution >= 0.6 is 0 Å². The first-order valence-electron chi connectivity index (χ1n) is 8.46. The number of nitriles is 1. The number of halogens is 1. The highest BCUT2D eigenvalue weighted by Crippen LogP contribution is 2.43. The molecule has 1 saturated heterocycles. The number of aliphatic hydroxyl groups excluding tert-OH is 1. The van der Waals surface area contributed by atoms with Gasteiger partial charge in [0.1, 0.15) is 5.82 Å². The van der Waals surface area contributed by atoms with Crippen molar-refractivity contribution in [2.45, 2.75) is 45.6 Å². The molecule has 5 nitrogen and oxygen atoms in total. The maximum atomic E-state index is 13.9. The smallest absolute Gasteiger partial charge is 0.407 e. The van der Waals surface area contributed by atoms with Gasteiger partial charge in [-0.3, -0.25) is 0 Å². The Labute approximate surface area is 147 Å². The summed E-state index contributed by atoms with van der Waals surface area (Å²) in [6.45, 7) is 6.10. The Morgan fingerprint density at radius 1 is 1.44 bits per heavy atom. The van der Waals surface area contributed by atoms with E-state index in [1.165, 1.54) is 11.0 Å². The van der Waals surface area contributed by atoms with Crippen LogP contribution in [0.2, 0.25) is 0 Å². The SMILES string of the molecule is CC(C)(C)C1[C@@H](CO)[C@H](c2ccc(F)c(CC#N)c2)CCN1C(=O)O. The van der Waals surface area contributed by atoms with Crippen molar-refractivity contribution in [2.75, 3.05) is 13.2 Å². The van der Waals surface area contributed by atoms with Crippen molar-refractivity contribution < 1.29 is 19.4 Å². The fourth-order valence-corrected chi connectivity index (χ4v) is 4.09. The number of piperidine rings is 1. The van der Waals surface area contributed by atoms with E-state index in [2.05, 4.69) is 0 Å². The molecule has 6 heteroatoms. The highest BCUT2D eigenvalue weighted by atomic mass is 19.1. The fourth-order valence-electron chi connectivity index (χ4n) is 4.09. The minimum Gasteiger partial charge on any atom is -0.465 e. The van der Waals surface area contributed by atoms with E-state index < -0.39 is 11.9 Å². The molecule has 2 rings (SSSR count). The Morgan fingerprint density at radius 3 is 2.64 bits per heavy atom. The maximum absolute atomic E-state index is 13.9. The molecule has 1 fully saturated rings. The molecule has 0 radical (unpaired) electrons. The second-order valence-electron chi connectivity index (χ2n) is 7.71. The molecule has 1 aliphatic heterocycles. The molecule has 1 aromatic rings. The van der Waals surface area contributed by atoms with E-state index in [0.717, 1.165) is 5.56 Å². The van der Waals surface area contributed by atoms with Crippen LogP contribution in [-0.4, -0.2) is 40.4 Å². The van der Waals surface area contributed by atoms with Gasteiger partial charge in [0.15, 0.2) is 0 Å². The van der Waals surface area contributed by atoms with Gasteiger partial charge >= 0.3 is 6.09 Å². The van der Waals surface area contributed by atoms with E-state index >= 15 is 0 Å². The lowest BCUT2D eigenvalue weighted by Gasteiger charge is -2.49. The number of hydrogen-bond acceptors (Lipinski definition) is 3. The summed E-state index contributed by atoms with van der Waals surface area (Å²) in [4.78, 5) is 13.1. The number of carboxylic acid groups (broad SMARTS) is 1. The summed E-state index contributed by atoms with van der Waals surface area (Å²) in [5, 5.41) is 28.4. The number of aliphatic hydroxyl groups is 1. The lowest BCUT2D eigenvalue weighted by atomic mass is 9.68. The predicted octanol–water partition coefficient (Wildman–Crippen LogP) is 3.38. The van der Waals surface area contributed by atoms with Crippen LogP contribution < -0.4 is 0 Å². The molecule has 1 aromatic carbocycles. The number of nitrogens with zero attached hydrogens (tertiary/aromatic N) is 2. The van der Waals surface area contributed by atoms with Gasteiger partial charge < -0.3 is 15.1 Å². The van der Waals surface area contributed by atoms with Crippen LogP contribution in [0.3, 0.4) is 0 Å². The van der Waals surface area contributed by atoms with Crippen LogP contribution in [0, 0.1) is 28.5 Å². The number of benzene rings is 1. The zero-order chi connectivity index (χ0) is 18.8. The zero-order valence-corrected chi connectivity index (χ0v) is 14.9. The van der Waals surface area contributed by atoms with Gasteiger partial charge in [0.05, 0.1) is 12.5 Å². The minimum absolute atomic E-state index is 0.0138. The average Bonchev–Trinajstić information content (AvgIpc) is 2.54. The highest BCUT2D eigenvalue weighted by Gasteiger charge is 2.46. The molecule has 1 aliphatic rings. The second kappa shape index (κ2) is 7.40. The van der Waals surface area contributed by atoms with Crippen molar-refractivity contribution in [3.05, 3.63) is 35.1 Å². The van der Waals surface area contributed by atoms with Crippen LogP contribution in [0.1, 0.15) is 44.2 Å². The number of rotatable bonds is 3. The Kier molecular flexibility index (Phi) is 5.69. The Balaban J connectivity index is 2.44. The molecule has 25 heavy (non-hydrogen) atoms. The summed E-state index contributed by atoms with van der Waals surface area (Å²) >= 11 is 0. The second-order valence-corrected chi connectivity index (χ2v) is 7.71. The van der Waals surface area contributed by atoms with Gasteiger partial charge in [0.2, 0.25) is 0 Å². The molecule has 1 amide bonds. The van der Waals surface area contributed by atoms with Gasteiger partial charge in [-0.25, -0.2) is 9.18 Å². The average molecular weight is 348 g/mol. The van der Waals surface area contributed by atoms with Crippen LogP contribution in [0.15, 0.2) is 18.2 Å². The zero-order valence-electron chi connectivity index (χ0n) is 14.9. The predicted molar refractivity (Wildman–Crippen MR) is 91.6 cm³/mol. The molecular weight excluding hydrogens is 323 g/mol. The van der Waals surface area contributed by atoms with Gasteiger partial charge in [0, 0.05) is 30.7 Å². The molecule has 3 atom stereocenters. The number of amides is 1. The Morgan fingerprint density at radius 2 is 2.12 bits per heavy atom. The van der Waals surface area contributed by atoms with Gasteiger partial charge in [-0.2, -0.15) is 5.26 Å². The summed E-state index contributed by atoms with van der Waals surface area (Å²) < 4.78 is 13.9. The van der Waals surface area contributed by atoms with Crippen molar-refractivity contribution in [1.82, 2.24) is 4.90 Å². The lowest BCUT2D eigenvalue weighted by molar-refractivity contribution is -0.00855. The number of carbonyl (C=O) groups is 1. The molecule has 2 N–H and O–H groups in total. The van der Waals surface area contributed by atoms with Crippen molar-refractivity contribution in [3.63, 3.8) is 0 Å². The van der Waals surface area contributed by atoms with Crippen molar-refractivity contribution in [3.8, 4) is 6.07 Å². The first kappa shape index (κ1) is 19.2. The van der Waals surface area contributed by atoms with Crippen LogP contribution in [0.4, 0.5) is 9.18 Å². The van der Waals surface area contributed by atoms with Crippen molar-refractivity contribution in [2.24, 2.45) is 11.3 Å². The van der Waals surface area contributed by atoms with Crippen molar-refractivity contribution >= 4 is 6.09 Å². The summed E-state index contributed by atoms with van der Waals surface area (Å²) in [6.07, 6.45) is -0.442. The molecule has 1 unspecified atom stereocenters. The molecule has 0 spiro atoms. The Hall–Kier alpha value is -2.13. The van der Waals surface area contributed by atoms with Crippen LogP contribution in [-0.2, 0) is 6.42 Å². The summed E-state index contributed by atoms with van der Waals surface area (Å²) in [5.74, 6) is -0.783. The molecule has 136 valence electrons. The van der Waals surface area contributed by atoms with Gasteiger partial charge in [-0.05, 0) is 29.4 Å². The van der Waals surface area contributed by atoms with Gasteiger partial charge in [-0.15, -0.1) is 0 Å². The summed E-state index contributed by atoms with van der Waals surface area (Å²) in [7, 11) is 0. The molecule has 0 aliphatic carbocycles. The van der Waals surface area contributed by atoms with E-state index in [1.54, 1.807) is 12.1 Å². The topological polar surface area (TPSA) is 84.6 Å². The van der Waals surface area contributed by atoms with E-state index in [1.807, 2.05) is 26.8 Å². The first-order chi connectivity index (χ1) is 11.7. The van der Waals surface area contributed by atoms with Gasteiger partial charge in [0.25, 0.3) is 0 Å². The normalized spacial score (nSPS) is 24.0. The standard InChI is InChI=1S/C19H25FN2O3/c1-19(2,3)17-15(11-23)14(7-9-22(17)18(24)25)12-4-5-16(20)13(10-12)6-8-21/h4-5,10,14-15,17,23H,6-7,9,11H2,1-3H3,(H,24,25)/t14-,15-,17?/m0/s1. The maximum Gasteiger partial charge on any atom is 0.407 e. The first-order valence-corrected chi connectivity index (χ1v) is 8.46. The summed E-state index contributed by atoms with van der Waals surface area (Å²) in [5.41, 5.74) is 0.842. The Bertz CT molecular complexity index is 678. The molecule has 0 aromatic heterocycles. The molecule has 1 heterocycles. The molecule has 0 saturated carbocycles. The minimum atomic E-state index is -0.985. The van der Waals surface area contributed by atoms with E-state index in [0.29, 0.717) is 18.5 Å². The van der Waals surface area contributed by atoms with Crippen LogP contribution in [0.25, 0.3) is 0 Å².